The molecule has 1 aromatic carbocycles. The van der Waals surface area contributed by atoms with Gasteiger partial charge in [-0.05, 0) is 61.5 Å². The predicted molar refractivity (Wildman–Crippen MR) is 94.9 cm³/mol. The maximum atomic E-state index is 5.03. The largest absolute Gasteiger partial charge is 0.317 e. The van der Waals surface area contributed by atoms with Gasteiger partial charge in [0.2, 0.25) is 0 Å². The van der Waals surface area contributed by atoms with Gasteiger partial charge in [-0.2, -0.15) is 0 Å². The highest BCUT2D eigenvalue weighted by molar-refractivity contribution is 5.90. The Balaban J connectivity index is 1.86. The molecule has 3 nitrogen and oxygen atoms in total. The molecule has 23 heavy (non-hydrogen) atoms. The molecule has 5 rings (SSSR count). The van der Waals surface area contributed by atoms with Crippen molar-refractivity contribution in [3.05, 3.63) is 53.5 Å². The van der Waals surface area contributed by atoms with Gasteiger partial charge in [0.1, 0.15) is 5.65 Å². The first kappa shape index (κ1) is 13.3. The monoisotopic (exact) mass is 303 g/mol. The Hall–Kier alpha value is -2.13. The van der Waals surface area contributed by atoms with E-state index in [2.05, 4.69) is 52.3 Å². The molecule has 1 N–H and O–H groups in total. The van der Waals surface area contributed by atoms with E-state index in [-0.39, 0.29) is 0 Å². The minimum absolute atomic E-state index is 0.609. The van der Waals surface area contributed by atoms with E-state index in [4.69, 9.17) is 4.98 Å². The third-order valence-electron chi connectivity index (χ3n) is 5.37. The number of rotatable bonds is 1. The zero-order valence-electron chi connectivity index (χ0n) is 13.3. The van der Waals surface area contributed by atoms with Gasteiger partial charge in [-0.1, -0.05) is 30.3 Å². The summed E-state index contributed by atoms with van der Waals surface area (Å²) < 4.78 is 2.37. The van der Waals surface area contributed by atoms with Crippen molar-refractivity contribution >= 4 is 22.5 Å². The van der Waals surface area contributed by atoms with Gasteiger partial charge in [-0.15, -0.1) is 0 Å². The highest BCUT2D eigenvalue weighted by Crippen LogP contribution is 2.36. The summed E-state index contributed by atoms with van der Waals surface area (Å²) in [5, 5.41) is 6.21. The molecule has 2 aromatic heterocycles. The number of aryl methyl sites for hydroxylation is 1. The minimum atomic E-state index is 0.609. The Kier molecular flexibility index (Phi) is 3.01. The highest BCUT2D eigenvalue weighted by Gasteiger charge is 2.24. The maximum Gasteiger partial charge on any atom is 0.141 e. The number of aromatic nitrogens is 2. The summed E-state index contributed by atoms with van der Waals surface area (Å²) in [6.45, 7) is 2.22. The fraction of sp³-hybridized carbons (Fsp3) is 0.350. The number of hydrogen-bond acceptors (Lipinski definition) is 2. The van der Waals surface area contributed by atoms with Crippen molar-refractivity contribution < 1.29 is 0 Å². The molecule has 0 saturated carbocycles. The van der Waals surface area contributed by atoms with E-state index in [9.17, 15) is 0 Å². The summed E-state index contributed by atoms with van der Waals surface area (Å²) in [5.74, 6) is 0.609. The van der Waals surface area contributed by atoms with Crippen LogP contribution in [-0.4, -0.2) is 22.5 Å². The van der Waals surface area contributed by atoms with E-state index in [1.165, 1.54) is 46.2 Å². The van der Waals surface area contributed by atoms with Crippen molar-refractivity contribution in [1.29, 1.82) is 0 Å². The third-order valence-corrected chi connectivity index (χ3v) is 5.37. The number of fused-ring (bicyclic) bond motifs is 4. The van der Waals surface area contributed by atoms with Gasteiger partial charge < -0.3 is 9.72 Å². The van der Waals surface area contributed by atoms with E-state index in [0.29, 0.717) is 5.92 Å². The number of imidazole rings is 1. The first-order chi connectivity index (χ1) is 11.4. The van der Waals surface area contributed by atoms with E-state index in [1.807, 2.05) is 0 Å². The van der Waals surface area contributed by atoms with Crippen LogP contribution in [0.3, 0.4) is 0 Å². The third kappa shape index (κ3) is 2.03. The van der Waals surface area contributed by atoms with Crippen LogP contribution in [0.25, 0.3) is 22.5 Å². The second kappa shape index (κ2) is 5.20. The molecule has 3 aromatic rings. The second-order valence-electron chi connectivity index (χ2n) is 6.73. The van der Waals surface area contributed by atoms with Gasteiger partial charge in [0, 0.05) is 11.8 Å². The minimum Gasteiger partial charge on any atom is -0.317 e. The van der Waals surface area contributed by atoms with Crippen LogP contribution in [0.15, 0.2) is 36.5 Å². The SMILES string of the molecule is C1=Cc2nc3c(C4CCNCC4)c4ccccc4cn3c2CC1. The lowest BCUT2D eigenvalue weighted by Gasteiger charge is -2.25. The first-order valence-electron chi connectivity index (χ1n) is 8.71. The topological polar surface area (TPSA) is 29.3 Å². The Morgan fingerprint density at radius 3 is 2.91 bits per heavy atom. The molecule has 0 bridgehead atoms. The first-order valence-corrected chi connectivity index (χ1v) is 8.71. The molecule has 0 spiro atoms. The Bertz CT molecular complexity index is 913. The van der Waals surface area contributed by atoms with Crippen molar-refractivity contribution in [3.8, 4) is 0 Å². The van der Waals surface area contributed by atoms with E-state index < -0.39 is 0 Å². The summed E-state index contributed by atoms with van der Waals surface area (Å²) in [6.07, 6.45) is 11.4. The van der Waals surface area contributed by atoms with Gasteiger partial charge >= 0.3 is 0 Å². The number of nitrogens with zero attached hydrogens (tertiary/aromatic N) is 2. The van der Waals surface area contributed by atoms with Gasteiger partial charge in [0.25, 0.3) is 0 Å². The normalized spacial score (nSPS) is 18.6. The average Bonchev–Trinajstić information content (AvgIpc) is 2.98. The molecule has 2 aliphatic rings. The summed E-state index contributed by atoms with van der Waals surface area (Å²) in [6, 6.07) is 8.82. The standard InChI is InChI=1S/C20H21N3/c1-2-6-16-15(5-1)13-23-18-8-4-3-7-17(18)22-20(23)19(16)14-9-11-21-12-10-14/h1-3,5-7,13-14,21H,4,8-12H2. The predicted octanol–water partition coefficient (Wildman–Crippen LogP) is 3.91. The van der Waals surface area contributed by atoms with Crippen LogP contribution in [0.1, 0.15) is 42.1 Å². The van der Waals surface area contributed by atoms with Crippen molar-refractivity contribution in [3.63, 3.8) is 0 Å². The number of pyridine rings is 1. The summed E-state index contributed by atoms with van der Waals surface area (Å²) in [7, 11) is 0. The zero-order chi connectivity index (χ0) is 15.2. The molecular formula is C20H21N3. The van der Waals surface area contributed by atoms with Gasteiger partial charge in [-0.3, -0.25) is 0 Å². The molecule has 3 heterocycles. The van der Waals surface area contributed by atoms with Gasteiger partial charge in [0.15, 0.2) is 0 Å². The smallest absolute Gasteiger partial charge is 0.141 e. The van der Waals surface area contributed by atoms with Crippen molar-refractivity contribution in [2.24, 2.45) is 0 Å². The number of allylic oxidation sites excluding steroid dienone is 1. The average molecular weight is 303 g/mol. The molecule has 0 radical (unpaired) electrons. The zero-order valence-corrected chi connectivity index (χ0v) is 13.3. The Morgan fingerprint density at radius 2 is 2.00 bits per heavy atom. The molecule has 0 unspecified atom stereocenters. The summed E-state index contributed by atoms with van der Waals surface area (Å²) in [4.78, 5) is 5.03. The molecule has 0 amide bonds. The van der Waals surface area contributed by atoms with Gasteiger partial charge in [0.05, 0.1) is 11.4 Å². The molecule has 0 atom stereocenters. The number of benzene rings is 1. The van der Waals surface area contributed by atoms with E-state index in [0.717, 1.165) is 25.9 Å². The Morgan fingerprint density at radius 1 is 1.13 bits per heavy atom. The molecular weight excluding hydrogens is 282 g/mol. The molecule has 1 saturated heterocycles. The Labute approximate surface area is 136 Å². The van der Waals surface area contributed by atoms with E-state index in [1.54, 1.807) is 0 Å². The van der Waals surface area contributed by atoms with Crippen LogP contribution < -0.4 is 5.32 Å². The van der Waals surface area contributed by atoms with Crippen LogP contribution in [0, 0.1) is 0 Å². The molecule has 116 valence electrons. The maximum absolute atomic E-state index is 5.03. The van der Waals surface area contributed by atoms with Gasteiger partial charge in [-0.25, -0.2) is 4.98 Å². The van der Waals surface area contributed by atoms with Crippen molar-refractivity contribution in [2.75, 3.05) is 13.1 Å². The second-order valence-corrected chi connectivity index (χ2v) is 6.73. The quantitative estimate of drug-likeness (QED) is 0.738. The molecule has 3 heteroatoms. The van der Waals surface area contributed by atoms with Crippen LogP contribution in [-0.2, 0) is 6.42 Å². The summed E-state index contributed by atoms with van der Waals surface area (Å²) >= 11 is 0. The fourth-order valence-electron chi connectivity index (χ4n) is 4.24. The van der Waals surface area contributed by atoms with Crippen molar-refractivity contribution in [1.82, 2.24) is 14.7 Å². The lowest BCUT2D eigenvalue weighted by molar-refractivity contribution is 0.463. The fourth-order valence-corrected chi connectivity index (χ4v) is 4.24. The van der Waals surface area contributed by atoms with Crippen LogP contribution >= 0.6 is 0 Å². The lowest BCUT2D eigenvalue weighted by atomic mass is 9.88. The molecule has 1 aliphatic heterocycles. The van der Waals surface area contributed by atoms with Crippen LogP contribution in [0.2, 0.25) is 0 Å². The summed E-state index contributed by atoms with van der Waals surface area (Å²) in [5.41, 5.74) is 5.20. The van der Waals surface area contributed by atoms with Crippen LogP contribution in [0.5, 0.6) is 0 Å². The number of hydrogen-bond donors (Lipinski definition) is 1. The van der Waals surface area contributed by atoms with Crippen molar-refractivity contribution in [2.45, 2.75) is 31.6 Å². The highest BCUT2D eigenvalue weighted by atomic mass is 15.0. The van der Waals surface area contributed by atoms with Crippen LogP contribution in [0.4, 0.5) is 0 Å². The molecule has 1 aliphatic carbocycles. The van der Waals surface area contributed by atoms with E-state index >= 15 is 0 Å². The lowest BCUT2D eigenvalue weighted by Crippen LogP contribution is -2.27. The number of nitrogens with one attached hydrogen (secondary N) is 1. The number of piperidine rings is 1. The molecule has 1 fully saturated rings.